The van der Waals surface area contributed by atoms with Crippen LogP contribution in [0.3, 0.4) is 0 Å². The summed E-state index contributed by atoms with van der Waals surface area (Å²) in [5, 5.41) is 2.47. The third-order valence-electron chi connectivity index (χ3n) is 7.09. The van der Waals surface area contributed by atoms with Gasteiger partial charge in [-0.25, -0.2) is 21.6 Å². The smallest absolute Gasteiger partial charge is 0.340 e. The Kier molecular flexibility index (Phi) is 11.2. The van der Waals surface area contributed by atoms with E-state index in [0.29, 0.717) is 11.3 Å². The van der Waals surface area contributed by atoms with Crippen molar-refractivity contribution in [2.75, 3.05) is 29.3 Å². The number of esters is 1. The standard InChI is InChI=1S/C33H34ClN3O7S2/c1-4-36(5-2)46(42,43)31-20-26(17-16-24(31)3)35-32(38)23-44-33(39)29-21-28(18-19-30(29)34)45(40,41)37(27-14-10-7-11-15-27)22-25-12-8-6-9-13-25/h6-21H,4-5,22-23H2,1-3H3,(H,35,38). The summed E-state index contributed by atoms with van der Waals surface area (Å²) in [6.45, 7) is 4.99. The second-order valence-corrected chi connectivity index (χ2v) is 14.3. The zero-order valence-electron chi connectivity index (χ0n) is 25.5. The van der Waals surface area contributed by atoms with Crippen LogP contribution < -0.4 is 9.62 Å². The maximum atomic E-state index is 13.9. The fourth-order valence-corrected chi connectivity index (χ4v) is 8.05. The lowest BCUT2D eigenvalue weighted by molar-refractivity contribution is -0.119. The van der Waals surface area contributed by atoms with Crippen LogP contribution in [-0.2, 0) is 36.1 Å². The van der Waals surface area contributed by atoms with Gasteiger partial charge in [0, 0.05) is 18.8 Å². The van der Waals surface area contributed by atoms with E-state index in [9.17, 15) is 26.4 Å². The molecule has 0 fully saturated rings. The number of nitrogens with zero attached hydrogens (tertiary/aromatic N) is 2. The molecule has 0 aliphatic rings. The van der Waals surface area contributed by atoms with Crippen LogP contribution in [0.1, 0.15) is 35.3 Å². The van der Waals surface area contributed by atoms with Crippen molar-refractivity contribution >= 4 is 54.9 Å². The lowest BCUT2D eigenvalue weighted by atomic mass is 10.2. The van der Waals surface area contributed by atoms with Gasteiger partial charge in [0.05, 0.1) is 32.6 Å². The number of para-hydroxylation sites is 1. The Morgan fingerprint density at radius 1 is 0.804 bits per heavy atom. The highest BCUT2D eigenvalue weighted by Crippen LogP contribution is 2.29. The number of hydrogen-bond donors (Lipinski definition) is 1. The molecule has 0 aliphatic heterocycles. The molecule has 10 nitrogen and oxygen atoms in total. The Balaban J connectivity index is 1.52. The van der Waals surface area contributed by atoms with Gasteiger partial charge in [-0.2, -0.15) is 4.31 Å². The first-order valence-electron chi connectivity index (χ1n) is 14.4. The monoisotopic (exact) mass is 683 g/mol. The average Bonchev–Trinajstić information content (AvgIpc) is 3.04. The van der Waals surface area contributed by atoms with Crippen molar-refractivity contribution < 1.29 is 31.2 Å². The minimum Gasteiger partial charge on any atom is -0.452 e. The Bertz CT molecular complexity index is 1920. The van der Waals surface area contributed by atoms with Gasteiger partial charge in [0.1, 0.15) is 0 Å². The van der Waals surface area contributed by atoms with Crippen LogP contribution in [0.2, 0.25) is 5.02 Å². The van der Waals surface area contributed by atoms with Crippen LogP contribution in [0.4, 0.5) is 11.4 Å². The molecular weight excluding hydrogens is 650 g/mol. The van der Waals surface area contributed by atoms with Crippen LogP contribution >= 0.6 is 11.6 Å². The van der Waals surface area contributed by atoms with Crippen LogP contribution in [0, 0.1) is 6.92 Å². The van der Waals surface area contributed by atoms with E-state index in [-0.39, 0.29) is 45.7 Å². The van der Waals surface area contributed by atoms with E-state index in [4.69, 9.17) is 16.3 Å². The molecule has 0 radical (unpaired) electrons. The molecule has 4 aromatic carbocycles. The number of nitrogens with one attached hydrogen (secondary N) is 1. The summed E-state index contributed by atoms with van der Waals surface area (Å²) < 4.78 is 61.7. The number of ether oxygens (including phenoxy) is 1. The molecule has 1 N–H and O–H groups in total. The molecule has 242 valence electrons. The molecule has 13 heteroatoms. The number of carbonyl (C=O) groups excluding carboxylic acids is 2. The third-order valence-corrected chi connectivity index (χ3v) is 11.4. The maximum absolute atomic E-state index is 13.9. The minimum absolute atomic E-state index is 0.0344. The van der Waals surface area contributed by atoms with Gasteiger partial charge in [-0.1, -0.05) is 80.0 Å². The molecule has 46 heavy (non-hydrogen) atoms. The summed E-state index contributed by atoms with van der Waals surface area (Å²) >= 11 is 6.27. The van der Waals surface area contributed by atoms with Crippen molar-refractivity contribution in [1.29, 1.82) is 0 Å². The Hall–Kier alpha value is -4.23. The van der Waals surface area contributed by atoms with Crippen molar-refractivity contribution in [1.82, 2.24) is 4.31 Å². The molecule has 0 unspecified atom stereocenters. The summed E-state index contributed by atoms with van der Waals surface area (Å²) in [7, 11) is -7.98. The summed E-state index contributed by atoms with van der Waals surface area (Å²) in [5.74, 6) is -1.75. The second-order valence-electron chi connectivity index (χ2n) is 10.2. The highest BCUT2D eigenvalue weighted by atomic mass is 35.5. The molecule has 0 aromatic heterocycles. The number of rotatable bonds is 13. The topological polar surface area (TPSA) is 130 Å². The molecule has 0 heterocycles. The highest BCUT2D eigenvalue weighted by Gasteiger charge is 2.28. The minimum atomic E-state index is -4.19. The van der Waals surface area contributed by atoms with E-state index in [2.05, 4.69) is 5.32 Å². The number of anilines is 2. The lowest BCUT2D eigenvalue weighted by Gasteiger charge is -2.25. The van der Waals surface area contributed by atoms with Crippen molar-refractivity contribution in [3.05, 3.63) is 119 Å². The van der Waals surface area contributed by atoms with Crippen LogP contribution in [0.15, 0.2) is 107 Å². The van der Waals surface area contributed by atoms with Crippen molar-refractivity contribution in [3.63, 3.8) is 0 Å². The fraction of sp³-hybridized carbons (Fsp3) is 0.212. The Morgan fingerprint density at radius 3 is 2.07 bits per heavy atom. The first-order chi connectivity index (χ1) is 21.9. The second kappa shape index (κ2) is 14.9. The summed E-state index contributed by atoms with van der Waals surface area (Å²) in [6.07, 6.45) is 0. The molecular formula is C33H34ClN3O7S2. The largest absolute Gasteiger partial charge is 0.452 e. The van der Waals surface area contributed by atoms with Gasteiger partial charge in [-0.15, -0.1) is 0 Å². The summed E-state index contributed by atoms with van der Waals surface area (Å²) in [4.78, 5) is 25.6. The fourth-order valence-electron chi connectivity index (χ4n) is 4.67. The predicted octanol–water partition coefficient (Wildman–Crippen LogP) is 5.87. The number of carbonyl (C=O) groups is 2. The van der Waals surface area contributed by atoms with Gasteiger partial charge in [0.2, 0.25) is 10.0 Å². The normalized spacial score (nSPS) is 11.7. The quantitative estimate of drug-likeness (QED) is 0.175. The summed E-state index contributed by atoms with van der Waals surface area (Å²) in [6, 6.07) is 25.8. The predicted molar refractivity (Wildman–Crippen MR) is 178 cm³/mol. The van der Waals surface area contributed by atoms with Gasteiger partial charge >= 0.3 is 5.97 Å². The molecule has 0 atom stereocenters. The molecule has 0 aliphatic carbocycles. The van der Waals surface area contributed by atoms with E-state index in [1.807, 2.05) is 30.3 Å². The van der Waals surface area contributed by atoms with Crippen molar-refractivity contribution in [2.24, 2.45) is 0 Å². The van der Waals surface area contributed by atoms with Crippen LogP contribution in [0.25, 0.3) is 0 Å². The zero-order valence-corrected chi connectivity index (χ0v) is 27.9. The highest BCUT2D eigenvalue weighted by molar-refractivity contribution is 7.92. The average molecular weight is 684 g/mol. The molecule has 1 amide bonds. The van der Waals surface area contributed by atoms with Crippen molar-refractivity contribution in [3.8, 4) is 0 Å². The van der Waals surface area contributed by atoms with Gasteiger partial charge in [-0.05, 0) is 60.5 Å². The lowest BCUT2D eigenvalue weighted by Crippen LogP contribution is -2.31. The molecule has 0 spiro atoms. The van der Waals surface area contributed by atoms with Crippen LogP contribution in [0.5, 0.6) is 0 Å². The van der Waals surface area contributed by atoms with Gasteiger partial charge in [0.25, 0.3) is 15.9 Å². The third kappa shape index (κ3) is 7.94. The Morgan fingerprint density at radius 2 is 1.43 bits per heavy atom. The number of halogens is 1. The van der Waals surface area contributed by atoms with E-state index in [0.717, 1.165) is 11.6 Å². The summed E-state index contributed by atoms with van der Waals surface area (Å²) in [5.41, 5.74) is 1.64. The van der Waals surface area contributed by atoms with Gasteiger partial charge in [0.15, 0.2) is 6.61 Å². The Labute approximate surface area is 274 Å². The number of aryl methyl sites for hydroxylation is 1. The molecule has 0 saturated carbocycles. The molecule has 4 aromatic rings. The molecule has 0 bridgehead atoms. The van der Waals surface area contributed by atoms with Crippen molar-refractivity contribution in [2.45, 2.75) is 37.1 Å². The van der Waals surface area contributed by atoms with E-state index >= 15 is 0 Å². The number of hydrogen-bond acceptors (Lipinski definition) is 7. The zero-order chi connectivity index (χ0) is 33.5. The van der Waals surface area contributed by atoms with Crippen LogP contribution in [-0.4, -0.2) is 52.7 Å². The molecule has 4 rings (SSSR count). The van der Waals surface area contributed by atoms with E-state index in [1.54, 1.807) is 57.2 Å². The van der Waals surface area contributed by atoms with E-state index < -0.39 is 38.5 Å². The SMILES string of the molecule is CCN(CC)S(=O)(=O)c1cc(NC(=O)COC(=O)c2cc(S(=O)(=O)N(Cc3ccccc3)c3ccccc3)ccc2Cl)ccc1C. The first-order valence-corrected chi connectivity index (χ1v) is 17.6. The number of amides is 1. The maximum Gasteiger partial charge on any atom is 0.340 e. The van der Waals surface area contributed by atoms with E-state index in [1.165, 1.54) is 32.9 Å². The molecule has 0 saturated heterocycles. The van der Waals surface area contributed by atoms with Gasteiger partial charge in [-0.3, -0.25) is 9.10 Å². The number of sulfonamides is 2. The number of benzene rings is 4. The first kappa shape index (κ1) is 34.6. The van der Waals surface area contributed by atoms with Gasteiger partial charge < -0.3 is 10.1 Å².